The van der Waals surface area contributed by atoms with E-state index < -0.39 is 20.0 Å². The predicted octanol–water partition coefficient (Wildman–Crippen LogP) is 0.147. The maximum absolute atomic E-state index is 12.5. The molecule has 0 bridgehead atoms. The summed E-state index contributed by atoms with van der Waals surface area (Å²) in [4.78, 5) is 0.114. The number of nitrogens with zero attached hydrogens (tertiary/aromatic N) is 1. The lowest BCUT2D eigenvalue weighted by Gasteiger charge is -2.26. The van der Waals surface area contributed by atoms with Gasteiger partial charge < -0.3 is 10.5 Å². The van der Waals surface area contributed by atoms with Crippen LogP contribution in [0.3, 0.4) is 0 Å². The number of unbranched alkanes of at least 4 members (excludes halogenated alkanes) is 1. The summed E-state index contributed by atoms with van der Waals surface area (Å²) in [5, 5.41) is 0. The van der Waals surface area contributed by atoms with E-state index in [2.05, 4.69) is 4.72 Å². The van der Waals surface area contributed by atoms with E-state index in [4.69, 9.17) is 10.5 Å². The highest BCUT2D eigenvalue weighted by Gasteiger charge is 2.26. The highest BCUT2D eigenvalue weighted by Crippen LogP contribution is 2.19. The Hall–Kier alpha value is -0.750. The third-order valence-electron chi connectivity index (χ3n) is 3.66. The summed E-state index contributed by atoms with van der Waals surface area (Å²) in [7, 11) is -7.27. The molecule has 1 aliphatic rings. The van der Waals surface area contributed by atoms with Crippen molar-refractivity contribution >= 4 is 32.5 Å². The molecule has 8 nitrogen and oxygen atoms in total. The zero-order valence-electron chi connectivity index (χ0n) is 13.8. The third-order valence-corrected chi connectivity index (χ3v) is 7.05. The molecule has 0 unspecified atom stereocenters. The van der Waals surface area contributed by atoms with Gasteiger partial charge in [-0.3, -0.25) is 0 Å². The van der Waals surface area contributed by atoms with Gasteiger partial charge in [0, 0.05) is 19.6 Å². The second-order valence-corrected chi connectivity index (χ2v) is 9.09. The molecule has 1 aromatic rings. The summed E-state index contributed by atoms with van der Waals surface area (Å²) in [5.74, 6) is 0. The standard InChI is InChI=1S/C14H23N3O5S2.ClH/c15-7-1-2-8-16-23(18,19)13-3-5-14(6-4-13)24(20,21)17-9-11-22-12-10-17;/h3-6,16H,1-2,7-12,15H2;1H. The number of benzene rings is 1. The molecule has 1 fully saturated rings. The van der Waals surface area contributed by atoms with E-state index in [1.54, 1.807) is 0 Å². The molecule has 1 saturated heterocycles. The largest absolute Gasteiger partial charge is 0.379 e. The van der Waals surface area contributed by atoms with Crippen LogP contribution in [0, 0.1) is 0 Å². The van der Waals surface area contributed by atoms with Gasteiger partial charge in [-0.2, -0.15) is 4.31 Å². The number of sulfonamides is 2. The van der Waals surface area contributed by atoms with Crippen molar-refractivity contribution in [3.63, 3.8) is 0 Å². The normalized spacial score (nSPS) is 16.4. The van der Waals surface area contributed by atoms with Gasteiger partial charge >= 0.3 is 0 Å². The Labute approximate surface area is 155 Å². The Morgan fingerprint density at radius 2 is 1.56 bits per heavy atom. The molecule has 2 rings (SSSR count). The highest BCUT2D eigenvalue weighted by atomic mass is 35.5. The van der Waals surface area contributed by atoms with Gasteiger partial charge in [0.25, 0.3) is 0 Å². The van der Waals surface area contributed by atoms with Crippen molar-refractivity contribution in [2.45, 2.75) is 22.6 Å². The van der Waals surface area contributed by atoms with E-state index in [-0.39, 0.29) is 22.2 Å². The Morgan fingerprint density at radius 1 is 1.00 bits per heavy atom. The number of hydrogen-bond acceptors (Lipinski definition) is 6. The third kappa shape index (κ3) is 5.88. The van der Waals surface area contributed by atoms with Crippen LogP contribution in [0.2, 0.25) is 0 Å². The van der Waals surface area contributed by atoms with Gasteiger partial charge in [0.2, 0.25) is 20.0 Å². The zero-order chi connectivity index (χ0) is 17.6. The topological polar surface area (TPSA) is 119 Å². The fourth-order valence-corrected chi connectivity index (χ4v) is 4.77. The van der Waals surface area contributed by atoms with E-state index in [1.165, 1.54) is 28.6 Å². The zero-order valence-corrected chi connectivity index (χ0v) is 16.2. The Morgan fingerprint density at radius 3 is 2.12 bits per heavy atom. The summed E-state index contributed by atoms with van der Waals surface area (Å²) in [6.07, 6.45) is 1.39. The first kappa shape index (κ1) is 22.3. The number of nitrogens with two attached hydrogens (primary N) is 1. The van der Waals surface area contributed by atoms with E-state index >= 15 is 0 Å². The molecule has 144 valence electrons. The Bertz CT molecular complexity index is 732. The maximum atomic E-state index is 12.5. The fourth-order valence-electron chi connectivity index (χ4n) is 2.29. The lowest BCUT2D eigenvalue weighted by Crippen LogP contribution is -2.40. The molecule has 11 heteroatoms. The average Bonchev–Trinajstić information content (AvgIpc) is 2.60. The van der Waals surface area contributed by atoms with Gasteiger partial charge in [-0.15, -0.1) is 12.4 Å². The van der Waals surface area contributed by atoms with Crippen LogP contribution in [0.4, 0.5) is 0 Å². The molecule has 25 heavy (non-hydrogen) atoms. The maximum Gasteiger partial charge on any atom is 0.243 e. The van der Waals surface area contributed by atoms with E-state index in [0.717, 1.165) is 6.42 Å². The Balaban J connectivity index is 0.00000312. The smallest absolute Gasteiger partial charge is 0.243 e. The van der Waals surface area contributed by atoms with Crippen molar-refractivity contribution in [2.75, 3.05) is 39.4 Å². The van der Waals surface area contributed by atoms with Crippen molar-refractivity contribution in [1.29, 1.82) is 0 Å². The summed E-state index contributed by atoms with van der Waals surface area (Å²) in [6, 6.07) is 5.25. The van der Waals surface area contributed by atoms with Gasteiger partial charge in [-0.25, -0.2) is 21.6 Å². The molecule has 0 aliphatic carbocycles. The van der Waals surface area contributed by atoms with E-state index in [0.29, 0.717) is 45.8 Å². The van der Waals surface area contributed by atoms with Gasteiger partial charge in [0.05, 0.1) is 23.0 Å². The van der Waals surface area contributed by atoms with Gasteiger partial charge in [-0.1, -0.05) is 0 Å². The molecule has 1 heterocycles. The van der Waals surface area contributed by atoms with Gasteiger partial charge in [0.1, 0.15) is 0 Å². The first-order valence-corrected chi connectivity index (χ1v) is 10.7. The number of ether oxygens (including phenoxy) is 1. The lowest BCUT2D eigenvalue weighted by atomic mass is 10.3. The minimum Gasteiger partial charge on any atom is -0.379 e. The molecule has 0 spiro atoms. The number of halogens is 1. The van der Waals surface area contributed by atoms with E-state index in [1.807, 2.05) is 0 Å². The molecule has 0 saturated carbocycles. The van der Waals surface area contributed by atoms with Crippen LogP contribution in [0.15, 0.2) is 34.1 Å². The highest BCUT2D eigenvalue weighted by molar-refractivity contribution is 7.89. The molecular weight excluding hydrogens is 390 g/mol. The summed E-state index contributed by atoms with van der Waals surface area (Å²) >= 11 is 0. The summed E-state index contributed by atoms with van der Waals surface area (Å²) < 4.78 is 58.2. The lowest BCUT2D eigenvalue weighted by molar-refractivity contribution is 0.0730. The quantitative estimate of drug-likeness (QED) is 0.585. The molecule has 0 atom stereocenters. The second kappa shape index (κ2) is 9.81. The van der Waals surface area contributed by atoms with Crippen LogP contribution < -0.4 is 10.5 Å². The SMILES string of the molecule is Cl.NCCCCNS(=O)(=O)c1ccc(S(=O)(=O)N2CCOCC2)cc1. The number of rotatable bonds is 8. The van der Waals surface area contributed by atoms with Crippen LogP contribution in [-0.2, 0) is 24.8 Å². The van der Waals surface area contributed by atoms with Crippen molar-refractivity contribution in [3.05, 3.63) is 24.3 Å². The molecule has 1 aromatic carbocycles. The molecular formula is C14H24ClN3O5S2. The van der Waals surface area contributed by atoms with Gasteiger partial charge in [0.15, 0.2) is 0 Å². The van der Waals surface area contributed by atoms with Gasteiger partial charge in [-0.05, 0) is 43.7 Å². The van der Waals surface area contributed by atoms with Crippen LogP contribution in [-0.4, -0.2) is 60.5 Å². The van der Waals surface area contributed by atoms with Crippen molar-refractivity contribution in [2.24, 2.45) is 5.73 Å². The molecule has 3 N–H and O–H groups in total. The fraction of sp³-hybridized carbons (Fsp3) is 0.571. The summed E-state index contributed by atoms with van der Waals surface area (Å²) in [6.45, 7) is 2.12. The number of nitrogens with one attached hydrogen (secondary N) is 1. The summed E-state index contributed by atoms with van der Waals surface area (Å²) in [5.41, 5.74) is 5.36. The number of hydrogen-bond donors (Lipinski definition) is 2. The molecule has 0 aromatic heterocycles. The molecule has 0 radical (unpaired) electrons. The molecule has 0 amide bonds. The van der Waals surface area contributed by atoms with Crippen molar-refractivity contribution in [3.8, 4) is 0 Å². The second-order valence-electron chi connectivity index (χ2n) is 5.38. The Kier molecular flexibility index (Phi) is 8.75. The van der Waals surface area contributed by atoms with Crippen LogP contribution in [0.25, 0.3) is 0 Å². The monoisotopic (exact) mass is 413 g/mol. The minimum absolute atomic E-state index is 0. The first-order chi connectivity index (χ1) is 11.4. The van der Waals surface area contributed by atoms with Crippen molar-refractivity contribution in [1.82, 2.24) is 9.03 Å². The van der Waals surface area contributed by atoms with Crippen LogP contribution in [0.1, 0.15) is 12.8 Å². The predicted molar refractivity (Wildman–Crippen MR) is 96.7 cm³/mol. The average molecular weight is 414 g/mol. The number of morpholine rings is 1. The van der Waals surface area contributed by atoms with E-state index in [9.17, 15) is 16.8 Å². The first-order valence-electron chi connectivity index (χ1n) is 7.75. The van der Waals surface area contributed by atoms with Crippen LogP contribution in [0.5, 0.6) is 0 Å². The van der Waals surface area contributed by atoms with Crippen LogP contribution >= 0.6 is 12.4 Å². The molecule has 1 aliphatic heterocycles. The van der Waals surface area contributed by atoms with Crippen molar-refractivity contribution < 1.29 is 21.6 Å². The minimum atomic E-state index is -3.65.